The number of carbonyl (C=O) groups is 2. The molecule has 0 aromatic heterocycles. The molecule has 3 heteroatoms. The molecule has 0 heterocycles. The van der Waals surface area contributed by atoms with Crippen molar-refractivity contribution in [3.63, 3.8) is 0 Å². The van der Waals surface area contributed by atoms with Crippen molar-refractivity contribution in [1.29, 1.82) is 0 Å². The first kappa shape index (κ1) is 9.78. The fourth-order valence-corrected chi connectivity index (χ4v) is 2.28. The quantitative estimate of drug-likeness (QED) is 0.685. The molecule has 17 heavy (non-hydrogen) atoms. The van der Waals surface area contributed by atoms with Gasteiger partial charge in [0.15, 0.2) is 5.78 Å². The third-order valence-electron chi connectivity index (χ3n) is 3.02. The van der Waals surface area contributed by atoms with Crippen molar-refractivity contribution in [2.24, 2.45) is 5.73 Å². The van der Waals surface area contributed by atoms with Crippen molar-refractivity contribution >= 4 is 11.7 Å². The molecule has 1 amide bonds. The third-order valence-corrected chi connectivity index (χ3v) is 3.02. The summed E-state index contributed by atoms with van der Waals surface area (Å²) in [5.74, 6) is -0.551. The van der Waals surface area contributed by atoms with E-state index in [-0.39, 0.29) is 5.78 Å². The van der Waals surface area contributed by atoms with E-state index in [0.717, 1.165) is 5.56 Å². The number of hydrogen-bond donors (Lipinski definition) is 1. The lowest BCUT2D eigenvalue weighted by atomic mass is 9.99. The first-order valence-corrected chi connectivity index (χ1v) is 5.27. The molecular formula is C14H9NO2. The molecule has 0 unspecified atom stereocenters. The monoisotopic (exact) mass is 223 g/mol. The van der Waals surface area contributed by atoms with Crippen LogP contribution in [0.1, 0.15) is 26.3 Å². The van der Waals surface area contributed by atoms with Gasteiger partial charge in [-0.3, -0.25) is 9.59 Å². The third kappa shape index (κ3) is 1.22. The summed E-state index contributed by atoms with van der Waals surface area (Å²) in [4.78, 5) is 23.5. The van der Waals surface area contributed by atoms with Crippen LogP contribution in [0.5, 0.6) is 0 Å². The Morgan fingerprint density at radius 1 is 0.882 bits per heavy atom. The van der Waals surface area contributed by atoms with Gasteiger partial charge in [0.05, 0.1) is 0 Å². The Balaban J connectivity index is 2.42. The lowest BCUT2D eigenvalue weighted by Crippen LogP contribution is -2.12. The smallest absolute Gasteiger partial charge is 0.249 e. The van der Waals surface area contributed by atoms with Gasteiger partial charge in [0.1, 0.15) is 0 Å². The zero-order valence-electron chi connectivity index (χ0n) is 8.94. The van der Waals surface area contributed by atoms with Crippen molar-refractivity contribution in [3.05, 3.63) is 59.2 Å². The highest BCUT2D eigenvalue weighted by molar-refractivity contribution is 6.24. The number of ketones is 1. The van der Waals surface area contributed by atoms with Crippen LogP contribution in [0.2, 0.25) is 0 Å². The summed E-state index contributed by atoms with van der Waals surface area (Å²) >= 11 is 0. The summed E-state index contributed by atoms with van der Waals surface area (Å²) in [5, 5.41) is 0. The number of rotatable bonds is 1. The maximum atomic E-state index is 12.1. The van der Waals surface area contributed by atoms with Gasteiger partial charge >= 0.3 is 0 Å². The number of fused-ring (bicyclic) bond motifs is 3. The van der Waals surface area contributed by atoms with E-state index in [1.54, 1.807) is 24.3 Å². The second kappa shape index (κ2) is 3.28. The Morgan fingerprint density at radius 3 is 2.24 bits per heavy atom. The van der Waals surface area contributed by atoms with Gasteiger partial charge in [0.2, 0.25) is 5.91 Å². The highest BCUT2D eigenvalue weighted by Gasteiger charge is 2.29. The zero-order valence-corrected chi connectivity index (χ0v) is 8.94. The summed E-state index contributed by atoms with van der Waals surface area (Å²) in [6.07, 6.45) is 0. The van der Waals surface area contributed by atoms with Gasteiger partial charge in [0.25, 0.3) is 0 Å². The predicted molar refractivity (Wildman–Crippen MR) is 63.8 cm³/mol. The first-order valence-electron chi connectivity index (χ1n) is 5.27. The molecule has 0 aliphatic heterocycles. The fourth-order valence-electron chi connectivity index (χ4n) is 2.28. The summed E-state index contributed by atoms with van der Waals surface area (Å²) in [6, 6.07) is 12.3. The van der Waals surface area contributed by atoms with Gasteiger partial charge in [-0.25, -0.2) is 0 Å². The van der Waals surface area contributed by atoms with Crippen molar-refractivity contribution in [2.75, 3.05) is 0 Å². The van der Waals surface area contributed by atoms with Crippen LogP contribution in [-0.4, -0.2) is 11.7 Å². The van der Waals surface area contributed by atoms with E-state index in [4.69, 9.17) is 5.73 Å². The normalized spacial score (nSPS) is 12.1. The Morgan fingerprint density at radius 2 is 1.53 bits per heavy atom. The molecule has 0 spiro atoms. The van der Waals surface area contributed by atoms with Crippen molar-refractivity contribution in [3.8, 4) is 11.1 Å². The molecule has 0 fully saturated rings. The SMILES string of the molecule is NC(=O)c1cccc2c1-c1ccccc1C2=O. The minimum absolute atomic E-state index is 0.0429. The van der Waals surface area contributed by atoms with Crippen LogP contribution in [0.25, 0.3) is 11.1 Å². The lowest BCUT2D eigenvalue weighted by Gasteiger charge is -2.04. The van der Waals surface area contributed by atoms with E-state index in [9.17, 15) is 9.59 Å². The van der Waals surface area contributed by atoms with E-state index in [0.29, 0.717) is 22.3 Å². The molecule has 2 N–H and O–H groups in total. The van der Waals surface area contributed by atoms with Gasteiger partial charge in [-0.05, 0) is 11.6 Å². The Bertz CT molecular complexity index is 659. The molecule has 0 saturated carbocycles. The average Bonchev–Trinajstić information content (AvgIpc) is 2.64. The minimum atomic E-state index is -0.508. The van der Waals surface area contributed by atoms with Gasteiger partial charge < -0.3 is 5.73 Å². The van der Waals surface area contributed by atoms with E-state index < -0.39 is 5.91 Å². The summed E-state index contributed by atoms with van der Waals surface area (Å²) in [7, 11) is 0. The molecule has 3 nitrogen and oxygen atoms in total. The van der Waals surface area contributed by atoms with Crippen molar-refractivity contribution in [2.45, 2.75) is 0 Å². The van der Waals surface area contributed by atoms with Gasteiger partial charge in [-0.15, -0.1) is 0 Å². The van der Waals surface area contributed by atoms with Crippen LogP contribution < -0.4 is 5.73 Å². The van der Waals surface area contributed by atoms with E-state index in [2.05, 4.69) is 0 Å². The highest BCUT2D eigenvalue weighted by atomic mass is 16.1. The van der Waals surface area contributed by atoms with Gasteiger partial charge in [0, 0.05) is 22.3 Å². The summed E-state index contributed by atoms with van der Waals surface area (Å²) < 4.78 is 0. The molecule has 0 radical (unpaired) electrons. The number of carbonyl (C=O) groups excluding carboxylic acids is 2. The van der Waals surface area contributed by atoms with Crippen LogP contribution in [0.15, 0.2) is 42.5 Å². The molecular weight excluding hydrogens is 214 g/mol. The molecule has 3 rings (SSSR count). The molecule has 0 atom stereocenters. The number of benzene rings is 2. The number of amides is 1. The largest absolute Gasteiger partial charge is 0.366 e. The summed E-state index contributed by atoms with van der Waals surface area (Å²) in [5.41, 5.74) is 8.40. The van der Waals surface area contributed by atoms with Gasteiger partial charge in [-0.2, -0.15) is 0 Å². The average molecular weight is 223 g/mol. The van der Waals surface area contributed by atoms with E-state index in [1.807, 2.05) is 18.2 Å². The Labute approximate surface area is 97.9 Å². The highest BCUT2D eigenvalue weighted by Crippen LogP contribution is 2.38. The molecule has 0 saturated heterocycles. The van der Waals surface area contributed by atoms with Crippen LogP contribution >= 0.6 is 0 Å². The molecule has 82 valence electrons. The predicted octanol–water partition coefficient (Wildman–Crippen LogP) is 2.00. The van der Waals surface area contributed by atoms with Gasteiger partial charge in [-0.1, -0.05) is 36.4 Å². The number of nitrogens with two attached hydrogens (primary N) is 1. The van der Waals surface area contributed by atoms with Crippen LogP contribution in [0.3, 0.4) is 0 Å². The minimum Gasteiger partial charge on any atom is -0.366 e. The standard InChI is InChI=1S/C14H9NO2/c15-14(17)11-7-3-6-10-12(11)8-4-1-2-5-9(8)13(10)16/h1-7H,(H2,15,17). The lowest BCUT2D eigenvalue weighted by molar-refractivity contribution is 0.100. The zero-order chi connectivity index (χ0) is 12.0. The molecule has 2 aromatic rings. The Kier molecular flexibility index (Phi) is 1.89. The van der Waals surface area contributed by atoms with E-state index >= 15 is 0 Å². The van der Waals surface area contributed by atoms with Crippen LogP contribution in [0, 0.1) is 0 Å². The number of primary amides is 1. The molecule has 2 aromatic carbocycles. The van der Waals surface area contributed by atoms with E-state index in [1.165, 1.54) is 0 Å². The van der Waals surface area contributed by atoms with Crippen molar-refractivity contribution < 1.29 is 9.59 Å². The maximum Gasteiger partial charge on any atom is 0.249 e. The first-order chi connectivity index (χ1) is 8.20. The van der Waals surface area contributed by atoms with Crippen LogP contribution in [-0.2, 0) is 0 Å². The second-order valence-corrected chi connectivity index (χ2v) is 3.97. The molecule has 1 aliphatic carbocycles. The van der Waals surface area contributed by atoms with Crippen LogP contribution in [0.4, 0.5) is 0 Å². The second-order valence-electron chi connectivity index (χ2n) is 3.97. The summed E-state index contributed by atoms with van der Waals surface area (Å²) in [6.45, 7) is 0. The fraction of sp³-hybridized carbons (Fsp3) is 0. The van der Waals surface area contributed by atoms with Crippen molar-refractivity contribution in [1.82, 2.24) is 0 Å². The topological polar surface area (TPSA) is 60.2 Å². The number of hydrogen-bond acceptors (Lipinski definition) is 2. The molecule has 1 aliphatic rings. The molecule has 0 bridgehead atoms. The maximum absolute atomic E-state index is 12.1. The Hall–Kier alpha value is -2.42.